The number of aromatic nitrogens is 3. The molecule has 0 radical (unpaired) electrons. The van der Waals surface area contributed by atoms with E-state index in [4.69, 9.17) is 0 Å². The molecule has 0 saturated heterocycles. The Balaban J connectivity index is 1.93. The van der Waals surface area contributed by atoms with Crippen LogP contribution < -0.4 is 5.32 Å². The second-order valence-corrected chi connectivity index (χ2v) is 5.10. The van der Waals surface area contributed by atoms with Gasteiger partial charge in [0.15, 0.2) is 5.82 Å². The molecule has 22 heavy (non-hydrogen) atoms. The molecule has 0 saturated carbocycles. The van der Waals surface area contributed by atoms with Crippen molar-refractivity contribution < 1.29 is 4.79 Å². The molecule has 6 heteroatoms. The minimum Gasteiger partial charge on any atom is -0.328 e. The molecule has 6 nitrogen and oxygen atoms in total. The average molecular weight is 299 g/mol. The Kier molecular flexibility index (Phi) is 5.30. The minimum atomic E-state index is -0.120. The second-order valence-electron chi connectivity index (χ2n) is 5.10. The summed E-state index contributed by atoms with van der Waals surface area (Å²) in [6.45, 7) is 6.23. The zero-order chi connectivity index (χ0) is 15.9. The normalized spacial score (nSPS) is 10.3. The number of nitrogens with one attached hydrogen (secondary N) is 2. The highest BCUT2D eigenvalue weighted by Crippen LogP contribution is 2.18. The highest BCUT2D eigenvalue weighted by atomic mass is 16.2. The smallest absolute Gasteiger partial charge is 0.321 e. The summed E-state index contributed by atoms with van der Waals surface area (Å²) < 4.78 is 0. The molecule has 0 bridgehead atoms. The van der Waals surface area contributed by atoms with Gasteiger partial charge < -0.3 is 10.2 Å². The molecule has 2 rings (SSSR count). The summed E-state index contributed by atoms with van der Waals surface area (Å²) in [6, 6.07) is 7.34. The molecule has 2 N–H and O–H groups in total. The number of nitrogens with zero attached hydrogens (tertiary/aromatic N) is 3. The van der Waals surface area contributed by atoms with Crippen molar-refractivity contribution in [1.82, 2.24) is 20.1 Å². The van der Waals surface area contributed by atoms with Crippen molar-refractivity contribution in [1.29, 1.82) is 0 Å². The van der Waals surface area contributed by atoms with Gasteiger partial charge in [0.2, 0.25) is 0 Å². The maximum absolute atomic E-state index is 12.0. The van der Waals surface area contributed by atoms with E-state index in [1.165, 1.54) is 0 Å². The van der Waals surface area contributed by atoms with Crippen molar-refractivity contribution in [2.45, 2.75) is 19.8 Å². The molecular formula is C16H21N5O. The summed E-state index contributed by atoms with van der Waals surface area (Å²) in [4.78, 5) is 18.0. The molecule has 0 aliphatic rings. The Morgan fingerprint density at radius 2 is 2.14 bits per heavy atom. The van der Waals surface area contributed by atoms with Gasteiger partial charge in [-0.05, 0) is 44.0 Å². The van der Waals surface area contributed by atoms with E-state index >= 15 is 0 Å². The standard InChI is InChI=1S/C16H21N5O/c1-4-5-6-11-21(3)16(22)18-14-9-7-13(8-10-14)15-17-12(2)19-20-15/h4,7-10H,1,5-6,11H2,2-3H3,(H,18,22)(H,17,19,20). The third-order valence-electron chi connectivity index (χ3n) is 3.24. The molecule has 0 fully saturated rings. The summed E-state index contributed by atoms with van der Waals surface area (Å²) in [6.07, 6.45) is 3.67. The van der Waals surface area contributed by atoms with Gasteiger partial charge in [-0.2, -0.15) is 5.10 Å². The van der Waals surface area contributed by atoms with Crippen LogP contribution in [0.1, 0.15) is 18.7 Å². The number of amides is 2. The molecule has 0 aliphatic heterocycles. The fourth-order valence-electron chi connectivity index (χ4n) is 1.97. The SMILES string of the molecule is C=CCCCN(C)C(=O)Nc1ccc(-c2n[nH]c(C)n2)cc1. The Hall–Kier alpha value is -2.63. The van der Waals surface area contributed by atoms with E-state index < -0.39 is 0 Å². The number of unbranched alkanes of at least 4 members (excludes halogenated alkanes) is 1. The van der Waals surface area contributed by atoms with Crippen molar-refractivity contribution in [2.75, 3.05) is 18.9 Å². The van der Waals surface area contributed by atoms with Gasteiger partial charge in [-0.25, -0.2) is 9.78 Å². The molecule has 116 valence electrons. The van der Waals surface area contributed by atoms with Crippen LogP contribution in [0.15, 0.2) is 36.9 Å². The molecule has 2 aromatic rings. The third kappa shape index (κ3) is 4.18. The molecule has 2 amide bonds. The highest BCUT2D eigenvalue weighted by molar-refractivity contribution is 5.89. The molecular weight excluding hydrogens is 278 g/mol. The predicted molar refractivity (Wildman–Crippen MR) is 87.6 cm³/mol. The first-order valence-electron chi connectivity index (χ1n) is 7.22. The maximum Gasteiger partial charge on any atom is 0.321 e. The van der Waals surface area contributed by atoms with Gasteiger partial charge in [0, 0.05) is 24.8 Å². The van der Waals surface area contributed by atoms with Crippen molar-refractivity contribution >= 4 is 11.7 Å². The Bertz CT molecular complexity index is 632. The number of benzene rings is 1. The first-order valence-corrected chi connectivity index (χ1v) is 7.22. The maximum atomic E-state index is 12.0. The van der Waals surface area contributed by atoms with Crippen LogP contribution in [0.5, 0.6) is 0 Å². The van der Waals surface area contributed by atoms with Crippen molar-refractivity contribution in [3.63, 3.8) is 0 Å². The highest BCUT2D eigenvalue weighted by Gasteiger charge is 2.09. The van der Waals surface area contributed by atoms with Gasteiger partial charge in [0.1, 0.15) is 5.82 Å². The first-order chi connectivity index (χ1) is 10.6. The number of carbonyl (C=O) groups is 1. The van der Waals surface area contributed by atoms with Gasteiger partial charge in [0.05, 0.1) is 0 Å². The van der Waals surface area contributed by atoms with E-state index in [1.807, 2.05) is 37.3 Å². The van der Waals surface area contributed by atoms with E-state index in [0.717, 1.165) is 29.9 Å². The van der Waals surface area contributed by atoms with Crippen LogP contribution in [0.3, 0.4) is 0 Å². The topological polar surface area (TPSA) is 73.9 Å². The van der Waals surface area contributed by atoms with Gasteiger partial charge in [0.25, 0.3) is 0 Å². The Morgan fingerprint density at radius 1 is 1.41 bits per heavy atom. The lowest BCUT2D eigenvalue weighted by atomic mass is 10.2. The van der Waals surface area contributed by atoms with E-state index in [2.05, 4.69) is 27.1 Å². The Morgan fingerprint density at radius 3 is 2.73 bits per heavy atom. The number of hydrogen-bond acceptors (Lipinski definition) is 3. The van der Waals surface area contributed by atoms with Gasteiger partial charge in [-0.1, -0.05) is 6.08 Å². The number of allylic oxidation sites excluding steroid dienone is 1. The fraction of sp³-hybridized carbons (Fsp3) is 0.312. The number of aryl methyl sites for hydroxylation is 1. The van der Waals surface area contributed by atoms with Crippen LogP contribution in [0.4, 0.5) is 10.5 Å². The number of carbonyl (C=O) groups excluding carboxylic acids is 1. The minimum absolute atomic E-state index is 0.120. The fourth-order valence-corrected chi connectivity index (χ4v) is 1.97. The second kappa shape index (κ2) is 7.40. The van der Waals surface area contributed by atoms with Crippen LogP contribution >= 0.6 is 0 Å². The summed E-state index contributed by atoms with van der Waals surface area (Å²) in [7, 11) is 1.78. The number of anilines is 1. The van der Waals surface area contributed by atoms with Crippen LogP contribution in [0.25, 0.3) is 11.4 Å². The van der Waals surface area contributed by atoms with Crippen LogP contribution in [0, 0.1) is 6.92 Å². The van der Waals surface area contributed by atoms with E-state index in [1.54, 1.807) is 11.9 Å². The number of H-pyrrole nitrogens is 1. The van der Waals surface area contributed by atoms with Crippen LogP contribution in [-0.2, 0) is 0 Å². The largest absolute Gasteiger partial charge is 0.328 e. The third-order valence-corrected chi connectivity index (χ3v) is 3.24. The molecule has 0 unspecified atom stereocenters. The molecule has 0 aliphatic carbocycles. The summed E-state index contributed by atoms with van der Waals surface area (Å²) in [5.41, 5.74) is 1.65. The lowest BCUT2D eigenvalue weighted by molar-refractivity contribution is 0.222. The van der Waals surface area contributed by atoms with Crippen LogP contribution in [0.2, 0.25) is 0 Å². The Labute approximate surface area is 130 Å². The lowest BCUT2D eigenvalue weighted by Crippen LogP contribution is -2.32. The summed E-state index contributed by atoms with van der Waals surface area (Å²) in [5.74, 6) is 1.42. The monoisotopic (exact) mass is 299 g/mol. The van der Waals surface area contributed by atoms with E-state index in [-0.39, 0.29) is 6.03 Å². The zero-order valence-corrected chi connectivity index (χ0v) is 13.0. The van der Waals surface area contributed by atoms with Crippen LogP contribution in [-0.4, -0.2) is 39.7 Å². The number of aromatic amines is 1. The van der Waals surface area contributed by atoms with Crippen molar-refractivity contribution in [2.24, 2.45) is 0 Å². The summed E-state index contributed by atoms with van der Waals surface area (Å²) >= 11 is 0. The predicted octanol–water partition coefficient (Wildman–Crippen LogP) is 3.21. The average Bonchev–Trinajstić information content (AvgIpc) is 2.94. The van der Waals surface area contributed by atoms with Crippen molar-refractivity contribution in [3.8, 4) is 11.4 Å². The quantitative estimate of drug-likeness (QED) is 0.635. The zero-order valence-electron chi connectivity index (χ0n) is 13.0. The molecule has 1 heterocycles. The van der Waals surface area contributed by atoms with E-state index in [0.29, 0.717) is 12.4 Å². The number of rotatable bonds is 6. The van der Waals surface area contributed by atoms with Gasteiger partial charge in [-0.15, -0.1) is 6.58 Å². The van der Waals surface area contributed by atoms with Gasteiger partial charge >= 0.3 is 6.03 Å². The lowest BCUT2D eigenvalue weighted by Gasteiger charge is -2.17. The number of hydrogen-bond donors (Lipinski definition) is 2. The first kappa shape index (κ1) is 15.8. The molecule has 0 atom stereocenters. The molecule has 1 aromatic heterocycles. The molecule has 0 spiro atoms. The van der Waals surface area contributed by atoms with Gasteiger partial charge in [-0.3, -0.25) is 5.10 Å². The van der Waals surface area contributed by atoms with Crippen molar-refractivity contribution in [3.05, 3.63) is 42.7 Å². The molecule has 1 aromatic carbocycles. The number of urea groups is 1. The van der Waals surface area contributed by atoms with E-state index in [9.17, 15) is 4.79 Å². The summed E-state index contributed by atoms with van der Waals surface area (Å²) in [5, 5.41) is 9.78.